The molecule has 0 aromatic carbocycles. The molecule has 1 fully saturated rings. The van der Waals surface area contributed by atoms with E-state index in [0.717, 1.165) is 32.4 Å². The molecule has 18 heavy (non-hydrogen) atoms. The van der Waals surface area contributed by atoms with Gasteiger partial charge in [-0.15, -0.1) is 0 Å². The zero-order chi connectivity index (χ0) is 13.4. The van der Waals surface area contributed by atoms with Crippen LogP contribution in [0.4, 0.5) is 0 Å². The predicted molar refractivity (Wildman–Crippen MR) is 73.5 cm³/mol. The molecule has 0 bridgehead atoms. The van der Waals surface area contributed by atoms with E-state index in [1.54, 1.807) is 0 Å². The number of nitrogens with two attached hydrogens (primary N) is 1. The molecule has 5 nitrogen and oxygen atoms in total. The zero-order valence-electron chi connectivity index (χ0n) is 11.6. The molecular formula is C13H27N3O2. The summed E-state index contributed by atoms with van der Waals surface area (Å²) in [5.74, 6) is 1.16. The predicted octanol–water partition coefficient (Wildman–Crippen LogP) is 0.726. The van der Waals surface area contributed by atoms with Gasteiger partial charge in [-0.25, -0.2) is 0 Å². The Labute approximate surface area is 110 Å². The van der Waals surface area contributed by atoms with E-state index in [2.05, 4.69) is 24.2 Å². The first-order valence-electron chi connectivity index (χ1n) is 6.80. The van der Waals surface area contributed by atoms with Crippen molar-refractivity contribution in [1.29, 1.82) is 0 Å². The normalized spacial score (nSPS) is 24.8. The van der Waals surface area contributed by atoms with Crippen LogP contribution in [0.2, 0.25) is 0 Å². The van der Waals surface area contributed by atoms with Gasteiger partial charge >= 0.3 is 0 Å². The second-order valence-corrected chi connectivity index (χ2v) is 5.59. The van der Waals surface area contributed by atoms with Gasteiger partial charge in [0.15, 0.2) is 5.96 Å². The number of ether oxygens (including phenoxy) is 1. The summed E-state index contributed by atoms with van der Waals surface area (Å²) in [7, 11) is 0. The lowest BCUT2D eigenvalue weighted by molar-refractivity contribution is 0.131. The summed E-state index contributed by atoms with van der Waals surface area (Å²) in [6.07, 6.45) is 2.77. The lowest BCUT2D eigenvalue weighted by atomic mass is 9.84. The molecule has 106 valence electrons. The molecule has 1 aliphatic heterocycles. The van der Waals surface area contributed by atoms with E-state index in [0.29, 0.717) is 25.0 Å². The number of aliphatic imine (C=N–C) groups is 1. The Morgan fingerprint density at radius 3 is 2.89 bits per heavy atom. The van der Waals surface area contributed by atoms with Crippen molar-refractivity contribution in [3.63, 3.8) is 0 Å². The van der Waals surface area contributed by atoms with Gasteiger partial charge in [0.05, 0.1) is 13.2 Å². The van der Waals surface area contributed by atoms with Crippen LogP contribution in [0.25, 0.3) is 0 Å². The van der Waals surface area contributed by atoms with Gasteiger partial charge in [-0.3, -0.25) is 4.99 Å². The molecule has 1 saturated heterocycles. The number of aliphatic hydroxyl groups excluding tert-OH is 1. The van der Waals surface area contributed by atoms with Gasteiger partial charge in [-0.1, -0.05) is 13.8 Å². The van der Waals surface area contributed by atoms with E-state index < -0.39 is 0 Å². The minimum absolute atomic E-state index is 0.0148. The average molecular weight is 257 g/mol. The molecule has 4 N–H and O–H groups in total. The molecule has 0 radical (unpaired) electrons. The molecule has 0 aromatic rings. The third-order valence-corrected chi connectivity index (χ3v) is 3.44. The number of hydrogen-bond acceptors (Lipinski definition) is 3. The summed E-state index contributed by atoms with van der Waals surface area (Å²) in [6, 6.07) is 0. The maximum absolute atomic E-state index is 9.11. The summed E-state index contributed by atoms with van der Waals surface area (Å²) in [5, 5.41) is 12.2. The number of nitrogens with zero attached hydrogens (tertiary/aromatic N) is 1. The zero-order valence-corrected chi connectivity index (χ0v) is 11.6. The molecule has 1 heterocycles. The van der Waals surface area contributed by atoms with Crippen LogP contribution in [0, 0.1) is 11.3 Å². The number of aliphatic hydroxyl groups is 1. The van der Waals surface area contributed by atoms with Crippen molar-refractivity contribution in [1.82, 2.24) is 5.32 Å². The minimum Gasteiger partial charge on any atom is -0.396 e. The quantitative estimate of drug-likeness (QED) is 0.464. The van der Waals surface area contributed by atoms with Crippen LogP contribution in [0.1, 0.15) is 33.1 Å². The first-order chi connectivity index (χ1) is 8.58. The average Bonchev–Trinajstić information content (AvgIpc) is 2.76. The van der Waals surface area contributed by atoms with Gasteiger partial charge in [0.25, 0.3) is 0 Å². The minimum atomic E-state index is -0.0148. The highest BCUT2D eigenvalue weighted by atomic mass is 16.5. The smallest absolute Gasteiger partial charge is 0.188 e. The van der Waals surface area contributed by atoms with E-state index >= 15 is 0 Å². The van der Waals surface area contributed by atoms with E-state index in [1.807, 2.05) is 0 Å². The highest BCUT2D eigenvalue weighted by Crippen LogP contribution is 2.32. The van der Waals surface area contributed by atoms with Crippen molar-refractivity contribution in [3.05, 3.63) is 0 Å². The van der Waals surface area contributed by atoms with Crippen molar-refractivity contribution in [2.24, 2.45) is 22.1 Å². The van der Waals surface area contributed by atoms with Gasteiger partial charge in [0.1, 0.15) is 0 Å². The number of guanidine groups is 1. The van der Waals surface area contributed by atoms with Crippen LogP contribution >= 0.6 is 0 Å². The van der Waals surface area contributed by atoms with E-state index in [-0.39, 0.29) is 12.0 Å². The molecule has 1 atom stereocenters. The first kappa shape index (κ1) is 15.2. The van der Waals surface area contributed by atoms with Gasteiger partial charge < -0.3 is 20.9 Å². The van der Waals surface area contributed by atoms with Crippen LogP contribution in [0.15, 0.2) is 4.99 Å². The summed E-state index contributed by atoms with van der Waals surface area (Å²) in [5.41, 5.74) is 5.81. The third-order valence-electron chi connectivity index (χ3n) is 3.44. The van der Waals surface area contributed by atoms with E-state index in [1.165, 1.54) is 0 Å². The number of nitrogens with one attached hydrogen (secondary N) is 1. The standard InChI is InChI=1S/C13H27N3O2/c1-11(2)3-6-15-12(14)16-9-13(4-7-17)5-8-18-10-13/h11,17H,3-10H2,1-2H3,(H3,14,15,16). The molecule has 1 aliphatic rings. The summed E-state index contributed by atoms with van der Waals surface area (Å²) < 4.78 is 5.42. The van der Waals surface area contributed by atoms with Gasteiger partial charge in [0, 0.05) is 25.2 Å². The van der Waals surface area contributed by atoms with Crippen LogP contribution in [-0.2, 0) is 4.74 Å². The largest absolute Gasteiger partial charge is 0.396 e. The highest BCUT2D eigenvalue weighted by Gasteiger charge is 2.34. The molecule has 1 rings (SSSR count). The summed E-state index contributed by atoms with van der Waals surface area (Å²) in [4.78, 5) is 4.39. The monoisotopic (exact) mass is 257 g/mol. The fraction of sp³-hybridized carbons (Fsp3) is 0.923. The van der Waals surface area contributed by atoms with Gasteiger partial charge in [-0.05, 0) is 25.2 Å². The Morgan fingerprint density at radius 2 is 2.33 bits per heavy atom. The Balaban J connectivity index is 2.35. The lowest BCUT2D eigenvalue weighted by Crippen LogP contribution is -2.35. The van der Waals surface area contributed by atoms with Crippen molar-refractivity contribution >= 4 is 5.96 Å². The Kier molecular flexibility index (Phi) is 6.43. The molecule has 0 saturated carbocycles. The Hall–Kier alpha value is -0.810. The third kappa shape index (κ3) is 5.23. The second kappa shape index (κ2) is 7.59. The Bertz CT molecular complexity index is 261. The second-order valence-electron chi connectivity index (χ2n) is 5.59. The summed E-state index contributed by atoms with van der Waals surface area (Å²) in [6.45, 7) is 7.47. The lowest BCUT2D eigenvalue weighted by Gasteiger charge is -2.24. The molecule has 0 aromatic heterocycles. The highest BCUT2D eigenvalue weighted by molar-refractivity contribution is 5.77. The SMILES string of the molecule is CC(C)CCNC(N)=NCC1(CCO)CCOC1. The fourth-order valence-corrected chi connectivity index (χ4v) is 2.09. The molecule has 0 spiro atoms. The molecular weight excluding hydrogens is 230 g/mol. The molecule has 0 aliphatic carbocycles. The first-order valence-corrected chi connectivity index (χ1v) is 6.80. The van der Waals surface area contributed by atoms with E-state index in [9.17, 15) is 0 Å². The van der Waals surface area contributed by atoms with E-state index in [4.69, 9.17) is 15.6 Å². The summed E-state index contributed by atoms with van der Waals surface area (Å²) >= 11 is 0. The Morgan fingerprint density at radius 1 is 1.56 bits per heavy atom. The number of rotatable bonds is 7. The van der Waals surface area contributed by atoms with Gasteiger partial charge in [0.2, 0.25) is 0 Å². The van der Waals surface area contributed by atoms with Crippen LogP contribution < -0.4 is 11.1 Å². The fourth-order valence-electron chi connectivity index (χ4n) is 2.09. The van der Waals surface area contributed by atoms with Gasteiger partial charge in [-0.2, -0.15) is 0 Å². The molecule has 1 unspecified atom stereocenters. The number of hydrogen-bond donors (Lipinski definition) is 3. The van der Waals surface area contributed by atoms with Crippen molar-refractivity contribution < 1.29 is 9.84 Å². The van der Waals surface area contributed by atoms with Crippen molar-refractivity contribution in [2.45, 2.75) is 33.1 Å². The van der Waals surface area contributed by atoms with Crippen LogP contribution in [-0.4, -0.2) is 44.0 Å². The maximum Gasteiger partial charge on any atom is 0.188 e. The van der Waals surface area contributed by atoms with Crippen molar-refractivity contribution in [2.75, 3.05) is 32.9 Å². The molecule has 5 heteroatoms. The van der Waals surface area contributed by atoms with Crippen LogP contribution in [0.3, 0.4) is 0 Å². The molecule has 0 amide bonds. The van der Waals surface area contributed by atoms with Crippen molar-refractivity contribution in [3.8, 4) is 0 Å². The van der Waals surface area contributed by atoms with Crippen LogP contribution in [0.5, 0.6) is 0 Å². The topological polar surface area (TPSA) is 79.9 Å². The maximum atomic E-state index is 9.11.